The molecule has 0 radical (unpaired) electrons. The second-order valence-corrected chi connectivity index (χ2v) is 6.08. The van der Waals surface area contributed by atoms with Crippen molar-refractivity contribution in [2.24, 2.45) is 18.4 Å². The fraction of sp³-hybridized carbons (Fsp3) is 0.786. The predicted octanol–water partition coefficient (Wildman–Crippen LogP) is 2.76. The summed E-state index contributed by atoms with van der Waals surface area (Å²) in [5.74, 6) is 1.27. The van der Waals surface area contributed by atoms with Crippen LogP contribution < -0.4 is 0 Å². The topological polar surface area (TPSA) is 38.1 Å². The minimum atomic E-state index is 0.0535. The fourth-order valence-electron chi connectivity index (χ4n) is 3.28. The van der Waals surface area contributed by atoms with Gasteiger partial charge in [0.1, 0.15) is 0 Å². The highest BCUT2D eigenvalue weighted by molar-refractivity contribution is 5.32. The Kier molecular flexibility index (Phi) is 3.06. The minimum absolute atomic E-state index is 0.0535. The van der Waals surface area contributed by atoms with Gasteiger partial charge in [-0.05, 0) is 37.0 Å². The second kappa shape index (κ2) is 4.13. The molecule has 1 aromatic rings. The van der Waals surface area contributed by atoms with Crippen LogP contribution in [0.15, 0.2) is 0 Å². The molecule has 1 fully saturated rings. The molecule has 1 N–H and O–H groups in total. The zero-order valence-corrected chi connectivity index (χ0v) is 11.6. The van der Waals surface area contributed by atoms with Crippen LogP contribution in [0.5, 0.6) is 0 Å². The van der Waals surface area contributed by atoms with E-state index >= 15 is 0 Å². The van der Waals surface area contributed by atoms with Gasteiger partial charge in [0.2, 0.25) is 0 Å². The highest BCUT2D eigenvalue weighted by Gasteiger charge is 2.43. The molecule has 0 aliphatic heterocycles. The lowest BCUT2D eigenvalue weighted by Gasteiger charge is -2.31. The largest absolute Gasteiger partial charge is 0.390 e. The van der Waals surface area contributed by atoms with Gasteiger partial charge in [-0.15, -0.1) is 0 Å². The standard InChI is InChI=1S/C14H24N2O/c1-9-6-7-11(14(9,3)4)13-10(2)16(5)15-12(13)8-17/h9,11,17H,6-8H2,1-5H3. The van der Waals surface area contributed by atoms with Gasteiger partial charge in [0.15, 0.2) is 0 Å². The molecule has 2 rings (SSSR count). The lowest BCUT2D eigenvalue weighted by atomic mass is 9.73. The van der Waals surface area contributed by atoms with Gasteiger partial charge in [-0.1, -0.05) is 20.8 Å². The average Bonchev–Trinajstić information content (AvgIpc) is 2.69. The zero-order valence-electron chi connectivity index (χ0n) is 11.6. The number of aliphatic hydroxyl groups is 1. The van der Waals surface area contributed by atoms with Crippen LogP contribution in [0.2, 0.25) is 0 Å². The Balaban J connectivity index is 2.47. The van der Waals surface area contributed by atoms with Gasteiger partial charge < -0.3 is 5.11 Å². The van der Waals surface area contributed by atoms with Gasteiger partial charge in [0.05, 0.1) is 12.3 Å². The van der Waals surface area contributed by atoms with E-state index in [1.807, 2.05) is 11.7 Å². The third kappa shape index (κ3) is 1.81. The molecule has 2 unspecified atom stereocenters. The van der Waals surface area contributed by atoms with Crippen molar-refractivity contribution in [3.63, 3.8) is 0 Å². The number of nitrogens with zero attached hydrogens (tertiary/aromatic N) is 2. The first-order chi connectivity index (χ1) is 7.89. The second-order valence-electron chi connectivity index (χ2n) is 6.08. The Hall–Kier alpha value is -0.830. The third-order valence-corrected chi connectivity index (χ3v) is 5.01. The molecule has 3 nitrogen and oxygen atoms in total. The summed E-state index contributed by atoms with van der Waals surface area (Å²) in [4.78, 5) is 0. The van der Waals surface area contributed by atoms with Crippen LogP contribution in [0, 0.1) is 18.3 Å². The van der Waals surface area contributed by atoms with Crippen molar-refractivity contribution in [3.05, 3.63) is 17.0 Å². The number of aliphatic hydroxyl groups excluding tert-OH is 1. The smallest absolute Gasteiger partial charge is 0.0916 e. The van der Waals surface area contributed by atoms with Crippen molar-refractivity contribution in [2.45, 2.75) is 53.1 Å². The first-order valence-corrected chi connectivity index (χ1v) is 6.52. The number of hydrogen-bond acceptors (Lipinski definition) is 2. The van der Waals surface area contributed by atoms with E-state index in [2.05, 4.69) is 32.8 Å². The molecule has 96 valence electrons. The minimum Gasteiger partial charge on any atom is -0.390 e. The Bertz CT molecular complexity index is 420. The lowest BCUT2D eigenvalue weighted by molar-refractivity contribution is 0.240. The average molecular weight is 236 g/mol. The van der Waals surface area contributed by atoms with Crippen molar-refractivity contribution < 1.29 is 5.11 Å². The third-order valence-electron chi connectivity index (χ3n) is 5.01. The number of aromatic nitrogens is 2. The van der Waals surface area contributed by atoms with Gasteiger partial charge in [-0.3, -0.25) is 4.68 Å². The van der Waals surface area contributed by atoms with E-state index in [1.165, 1.54) is 24.1 Å². The number of rotatable bonds is 2. The molecule has 0 saturated heterocycles. The molecule has 1 aromatic heterocycles. The van der Waals surface area contributed by atoms with Crippen molar-refractivity contribution in [1.82, 2.24) is 9.78 Å². The molecule has 3 heteroatoms. The van der Waals surface area contributed by atoms with E-state index in [4.69, 9.17) is 0 Å². The van der Waals surface area contributed by atoms with Gasteiger partial charge in [-0.2, -0.15) is 5.10 Å². The summed E-state index contributed by atoms with van der Waals surface area (Å²) in [5.41, 5.74) is 3.68. The molecule has 1 saturated carbocycles. The van der Waals surface area contributed by atoms with Crippen LogP contribution in [-0.2, 0) is 13.7 Å². The quantitative estimate of drug-likeness (QED) is 0.857. The van der Waals surface area contributed by atoms with Gasteiger partial charge in [-0.25, -0.2) is 0 Å². The van der Waals surface area contributed by atoms with E-state index in [9.17, 15) is 5.11 Å². The lowest BCUT2D eigenvalue weighted by Crippen LogP contribution is -2.23. The molecule has 0 bridgehead atoms. The molecule has 0 spiro atoms. The first-order valence-electron chi connectivity index (χ1n) is 6.52. The van der Waals surface area contributed by atoms with Crippen LogP contribution in [0.4, 0.5) is 0 Å². The molecule has 0 aromatic carbocycles. The van der Waals surface area contributed by atoms with Crippen LogP contribution >= 0.6 is 0 Å². The Morgan fingerprint density at radius 1 is 1.41 bits per heavy atom. The molecular weight excluding hydrogens is 212 g/mol. The van der Waals surface area contributed by atoms with Crippen LogP contribution in [-0.4, -0.2) is 14.9 Å². The van der Waals surface area contributed by atoms with Crippen LogP contribution in [0.25, 0.3) is 0 Å². The van der Waals surface area contributed by atoms with Crippen LogP contribution in [0.3, 0.4) is 0 Å². The summed E-state index contributed by atoms with van der Waals surface area (Å²) in [6.07, 6.45) is 2.49. The van der Waals surface area contributed by atoms with Crippen molar-refractivity contribution in [2.75, 3.05) is 0 Å². The molecule has 1 aliphatic rings. The fourth-order valence-corrected chi connectivity index (χ4v) is 3.28. The van der Waals surface area contributed by atoms with Crippen molar-refractivity contribution in [3.8, 4) is 0 Å². The summed E-state index contributed by atoms with van der Waals surface area (Å²) in [5, 5.41) is 13.9. The molecule has 1 aliphatic carbocycles. The predicted molar refractivity (Wildman–Crippen MR) is 68.8 cm³/mol. The highest BCUT2D eigenvalue weighted by atomic mass is 16.3. The van der Waals surface area contributed by atoms with E-state index in [-0.39, 0.29) is 6.61 Å². The van der Waals surface area contributed by atoms with E-state index < -0.39 is 0 Å². The highest BCUT2D eigenvalue weighted by Crippen LogP contribution is 2.53. The van der Waals surface area contributed by atoms with E-state index in [0.717, 1.165) is 11.6 Å². The summed E-state index contributed by atoms with van der Waals surface area (Å²) >= 11 is 0. The van der Waals surface area contributed by atoms with Crippen molar-refractivity contribution >= 4 is 0 Å². The van der Waals surface area contributed by atoms with E-state index in [0.29, 0.717) is 11.3 Å². The van der Waals surface area contributed by atoms with Gasteiger partial charge in [0, 0.05) is 18.3 Å². The van der Waals surface area contributed by atoms with E-state index in [1.54, 1.807) is 0 Å². The monoisotopic (exact) mass is 236 g/mol. The molecule has 17 heavy (non-hydrogen) atoms. The molecule has 0 amide bonds. The van der Waals surface area contributed by atoms with Crippen molar-refractivity contribution in [1.29, 1.82) is 0 Å². The van der Waals surface area contributed by atoms with Gasteiger partial charge >= 0.3 is 0 Å². The Morgan fingerprint density at radius 2 is 2.06 bits per heavy atom. The molecule has 1 heterocycles. The summed E-state index contributed by atoms with van der Waals surface area (Å²) in [6.45, 7) is 9.20. The zero-order chi connectivity index (χ0) is 12.8. The maximum Gasteiger partial charge on any atom is 0.0916 e. The first kappa shape index (κ1) is 12.6. The maximum absolute atomic E-state index is 9.48. The maximum atomic E-state index is 9.48. The molecule has 2 atom stereocenters. The van der Waals surface area contributed by atoms with Gasteiger partial charge in [0.25, 0.3) is 0 Å². The SMILES string of the molecule is Cc1c(C2CCC(C)C2(C)C)c(CO)nn1C. The summed E-state index contributed by atoms with van der Waals surface area (Å²) in [7, 11) is 1.96. The summed E-state index contributed by atoms with van der Waals surface area (Å²) < 4.78 is 1.90. The Labute approximate surface area is 104 Å². The van der Waals surface area contributed by atoms with Crippen LogP contribution in [0.1, 0.15) is 56.5 Å². The Morgan fingerprint density at radius 3 is 2.53 bits per heavy atom. The molecular formula is C14H24N2O. The summed E-state index contributed by atoms with van der Waals surface area (Å²) in [6, 6.07) is 0. The number of hydrogen-bond donors (Lipinski definition) is 1. The normalized spacial score (nSPS) is 27.6. The number of aryl methyl sites for hydroxylation is 1.